The maximum absolute atomic E-state index is 12.8. The second kappa shape index (κ2) is 8.64. The number of rotatable bonds is 8. The van der Waals surface area contributed by atoms with Gasteiger partial charge in [-0.3, -0.25) is 4.79 Å². The van der Waals surface area contributed by atoms with Crippen molar-refractivity contribution < 1.29 is 18.8 Å². The largest absolute Gasteiger partial charge is 0.497 e. The maximum atomic E-state index is 12.8. The summed E-state index contributed by atoms with van der Waals surface area (Å²) in [5.74, 6) is 1.12. The fourth-order valence-electron chi connectivity index (χ4n) is 3.15. The molecule has 3 rings (SSSR count). The number of aryl methyl sites for hydroxylation is 2. The van der Waals surface area contributed by atoms with Crippen LogP contribution in [0.3, 0.4) is 0 Å². The molecule has 3 amide bonds. The van der Waals surface area contributed by atoms with Crippen molar-refractivity contribution in [3.8, 4) is 5.75 Å². The number of carbonyl (C=O) groups excluding carboxylic acids is 2. The van der Waals surface area contributed by atoms with Crippen molar-refractivity contribution in [2.75, 3.05) is 13.7 Å². The van der Waals surface area contributed by atoms with Gasteiger partial charge in [0.05, 0.1) is 18.5 Å². The highest BCUT2D eigenvalue weighted by Crippen LogP contribution is 2.21. The Morgan fingerprint density at radius 3 is 2.83 bits per heavy atom. The number of hydrogen-bond acceptors (Lipinski definition) is 6. The first-order chi connectivity index (χ1) is 13.9. The van der Waals surface area contributed by atoms with Crippen molar-refractivity contribution in [1.29, 1.82) is 0 Å². The molecule has 8 heteroatoms. The van der Waals surface area contributed by atoms with E-state index in [1.54, 1.807) is 13.3 Å². The van der Waals surface area contributed by atoms with Crippen LogP contribution in [0.5, 0.6) is 5.75 Å². The fraction of sp³-hybridized carbons (Fsp3) is 0.286. The summed E-state index contributed by atoms with van der Waals surface area (Å²) in [5.41, 5.74) is 3.00. The molecule has 1 N–H and O–H groups in total. The number of nitrogens with zero attached hydrogens (tertiary/aromatic N) is 3. The number of ether oxygens (including phenoxy) is 1. The molecule has 1 fully saturated rings. The van der Waals surface area contributed by atoms with Crippen molar-refractivity contribution >= 4 is 11.9 Å². The minimum atomic E-state index is -0.386. The van der Waals surface area contributed by atoms with Gasteiger partial charge in [0.25, 0.3) is 5.91 Å². The quantitative estimate of drug-likeness (QED) is 0.545. The monoisotopic (exact) mass is 396 g/mol. The Morgan fingerprint density at radius 2 is 2.17 bits per heavy atom. The number of nitrogens with one attached hydrogen (secondary N) is 1. The van der Waals surface area contributed by atoms with Crippen LogP contribution in [-0.4, -0.2) is 40.5 Å². The predicted octanol–water partition coefficient (Wildman–Crippen LogP) is 2.88. The van der Waals surface area contributed by atoms with E-state index in [9.17, 15) is 9.59 Å². The number of urea groups is 1. The van der Waals surface area contributed by atoms with Gasteiger partial charge in [-0.25, -0.2) is 9.69 Å². The number of allylic oxidation sites excluding steroid dienone is 1. The molecule has 0 atom stereocenters. The summed E-state index contributed by atoms with van der Waals surface area (Å²) in [5, 5.41) is 7.01. The lowest BCUT2D eigenvalue weighted by atomic mass is 10.2. The summed E-state index contributed by atoms with van der Waals surface area (Å²) in [6.45, 7) is 8.21. The molecule has 2 aromatic rings. The van der Waals surface area contributed by atoms with Crippen LogP contribution in [0, 0.1) is 13.8 Å². The first kappa shape index (κ1) is 20.2. The van der Waals surface area contributed by atoms with Gasteiger partial charge in [0.2, 0.25) is 0 Å². The summed E-state index contributed by atoms with van der Waals surface area (Å²) >= 11 is 0. The lowest BCUT2D eigenvalue weighted by Gasteiger charge is -2.18. The van der Waals surface area contributed by atoms with Crippen LogP contribution in [0.25, 0.3) is 0 Å². The first-order valence-corrected chi connectivity index (χ1v) is 9.17. The third kappa shape index (κ3) is 4.31. The highest BCUT2D eigenvalue weighted by atomic mass is 16.5. The molecule has 0 bridgehead atoms. The third-order valence-corrected chi connectivity index (χ3v) is 4.72. The molecule has 1 aliphatic heterocycles. The average Bonchev–Trinajstić information content (AvgIpc) is 3.18. The minimum Gasteiger partial charge on any atom is -0.497 e. The van der Waals surface area contributed by atoms with Gasteiger partial charge < -0.3 is 19.5 Å². The van der Waals surface area contributed by atoms with Gasteiger partial charge in [0.1, 0.15) is 18.1 Å². The van der Waals surface area contributed by atoms with Crippen LogP contribution in [0.4, 0.5) is 4.79 Å². The second-order valence-electron chi connectivity index (χ2n) is 6.68. The zero-order valence-corrected chi connectivity index (χ0v) is 16.8. The Morgan fingerprint density at radius 1 is 1.38 bits per heavy atom. The number of amides is 3. The van der Waals surface area contributed by atoms with Crippen LogP contribution in [0.1, 0.15) is 22.6 Å². The molecular weight excluding hydrogens is 372 g/mol. The first-order valence-electron chi connectivity index (χ1n) is 9.17. The van der Waals surface area contributed by atoms with E-state index in [2.05, 4.69) is 17.1 Å². The SMILES string of the molecule is C=C/C(=C\NCc1c(C)noc1C)N1C(=O)CN(Cc2cccc(OC)c2)C1=O. The molecule has 29 heavy (non-hydrogen) atoms. The summed E-state index contributed by atoms with van der Waals surface area (Å²) in [6.07, 6.45) is 3.08. The Kier molecular flexibility index (Phi) is 6.01. The van der Waals surface area contributed by atoms with E-state index in [1.807, 2.05) is 38.1 Å². The Bertz CT molecular complexity index is 944. The fourth-order valence-corrected chi connectivity index (χ4v) is 3.15. The van der Waals surface area contributed by atoms with E-state index in [0.29, 0.717) is 24.5 Å². The van der Waals surface area contributed by atoms with E-state index in [0.717, 1.165) is 27.5 Å². The molecule has 8 nitrogen and oxygen atoms in total. The lowest BCUT2D eigenvalue weighted by molar-refractivity contribution is -0.123. The summed E-state index contributed by atoms with van der Waals surface area (Å²) in [6, 6.07) is 7.02. The molecular formula is C21H24N4O4. The van der Waals surface area contributed by atoms with E-state index in [-0.39, 0.29) is 18.5 Å². The van der Waals surface area contributed by atoms with E-state index in [1.165, 1.54) is 11.0 Å². The van der Waals surface area contributed by atoms with Gasteiger partial charge in [-0.1, -0.05) is 23.9 Å². The van der Waals surface area contributed by atoms with Crippen LogP contribution in [-0.2, 0) is 17.9 Å². The molecule has 0 spiro atoms. The number of benzene rings is 1. The molecule has 0 saturated carbocycles. The van der Waals surface area contributed by atoms with Gasteiger partial charge in [-0.05, 0) is 37.6 Å². The van der Waals surface area contributed by atoms with Crippen LogP contribution >= 0.6 is 0 Å². The predicted molar refractivity (Wildman–Crippen MR) is 107 cm³/mol. The van der Waals surface area contributed by atoms with Crippen molar-refractivity contribution in [2.45, 2.75) is 26.9 Å². The Labute approximate surface area is 169 Å². The van der Waals surface area contributed by atoms with Gasteiger partial charge in [-0.15, -0.1) is 0 Å². The molecule has 152 valence electrons. The van der Waals surface area contributed by atoms with Crippen molar-refractivity contribution in [3.63, 3.8) is 0 Å². The highest BCUT2D eigenvalue weighted by Gasteiger charge is 2.37. The van der Waals surface area contributed by atoms with Crippen LogP contribution in [0.15, 0.2) is 53.3 Å². The molecule has 1 aliphatic rings. The van der Waals surface area contributed by atoms with Crippen molar-refractivity contribution in [1.82, 2.24) is 20.3 Å². The summed E-state index contributed by atoms with van der Waals surface area (Å²) < 4.78 is 10.3. The summed E-state index contributed by atoms with van der Waals surface area (Å²) in [7, 11) is 1.59. The van der Waals surface area contributed by atoms with E-state index in [4.69, 9.17) is 9.26 Å². The average molecular weight is 396 g/mol. The Hall–Kier alpha value is -3.55. The van der Waals surface area contributed by atoms with Gasteiger partial charge in [0.15, 0.2) is 0 Å². The Balaban J connectivity index is 1.70. The van der Waals surface area contributed by atoms with Gasteiger partial charge in [0, 0.05) is 24.9 Å². The summed E-state index contributed by atoms with van der Waals surface area (Å²) in [4.78, 5) is 28.0. The number of aromatic nitrogens is 1. The highest BCUT2D eigenvalue weighted by molar-refractivity contribution is 6.04. The van der Waals surface area contributed by atoms with Crippen molar-refractivity contribution in [2.24, 2.45) is 0 Å². The number of imide groups is 1. The number of carbonyl (C=O) groups is 2. The van der Waals surface area contributed by atoms with E-state index >= 15 is 0 Å². The van der Waals surface area contributed by atoms with Crippen molar-refractivity contribution in [3.05, 3.63) is 71.4 Å². The third-order valence-electron chi connectivity index (χ3n) is 4.72. The zero-order chi connectivity index (χ0) is 21.0. The molecule has 1 aromatic heterocycles. The smallest absolute Gasteiger partial charge is 0.332 e. The molecule has 1 aromatic carbocycles. The number of methoxy groups -OCH3 is 1. The maximum Gasteiger partial charge on any atom is 0.332 e. The minimum absolute atomic E-state index is 0.00505. The van der Waals surface area contributed by atoms with Gasteiger partial charge >= 0.3 is 6.03 Å². The topological polar surface area (TPSA) is 87.9 Å². The van der Waals surface area contributed by atoms with E-state index < -0.39 is 0 Å². The second-order valence-corrected chi connectivity index (χ2v) is 6.68. The van der Waals surface area contributed by atoms with Gasteiger partial charge in [-0.2, -0.15) is 0 Å². The number of hydrogen-bond donors (Lipinski definition) is 1. The normalized spacial score (nSPS) is 14.5. The van der Waals surface area contributed by atoms with Crippen LogP contribution in [0.2, 0.25) is 0 Å². The zero-order valence-electron chi connectivity index (χ0n) is 16.8. The standard InChI is InChI=1S/C21H24N4O4/c1-5-17(10-22-11-19-14(2)23-29-15(19)3)25-20(26)13-24(21(25)27)12-16-7-6-8-18(9-16)28-4/h5-10,22H,1,11-13H2,2-4H3/b17-10+. The lowest BCUT2D eigenvalue weighted by Crippen LogP contribution is -2.32. The van der Waals surface area contributed by atoms with Crippen LogP contribution < -0.4 is 10.1 Å². The molecule has 2 heterocycles. The molecule has 0 aliphatic carbocycles. The molecule has 0 radical (unpaired) electrons. The molecule has 1 saturated heterocycles. The molecule has 0 unspecified atom stereocenters.